The predicted molar refractivity (Wildman–Crippen MR) is 99.3 cm³/mol. The van der Waals surface area contributed by atoms with Crippen LogP contribution in [0.25, 0.3) is 0 Å². The molecule has 0 saturated carbocycles. The molecule has 1 amide bonds. The van der Waals surface area contributed by atoms with Crippen LogP contribution < -0.4 is 0 Å². The molecule has 0 fully saturated rings. The lowest BCUT2D eigenvalue weighted by molar-refractivity contribution is -0.133. The number of carbonyl (C=O) groups excluding carboxylic acids is 1. The normalized spacial score (nSPS) is 16.1. The number of nitrogens with zero attached hydrogens (tertiary/aromatic N) is 2. The third kappa shape index (κ3) is 4.28. The van der Waals surface area contributed by atoms with E-state index >= 15 is 0 Å². The van der Waals surface area contributed by atoms with Crippen molar-refractivity contribution in [1.29, 1.82) is 0 Å². The lowest BCUT2D eigenvalue weighted by Crippen LogP contribution is -2.37. The smallest absolute Gasteiger partial charge is 0.222 e. The Morgan fingerprint density at radius 3 is 2.65 bits per heavy atom. The van der Waals surface area contributed by atoms with Gasteiger partial charge in [-0.15, -0.1) is 0 Å². The van der Waals surface area contributed by atoms with Crippen LogP contribution in [0.3, 0.4) is 0 Å². The first-order valence-corrected chi connectivity index (χ1v) is 8.87. The SMILES string of the molecule is CCC(=O)N(Cc1ccccc1F)CC1CC(c2ccc(C)cc2)=NO1. The van der Waals surface area contributed by atoms with Crippen molar-refractivity contribution in [3.63, 3.8) is 0 Å². The van der Waals surface area contributed by atoms with E-state index in [-0.39, 0.29) is 24.4 Å². The average molecular weight is 354 g/mol. The number of oxime groups is 1. The number of hydrogen-bond acceptors (Lipinski definition) is 3. The Balaban J connectivity index is 1.66. The first-order chi connectivity index (χ1) is 12.6. The van der Waals surface area contributed by atoms with Gasteiger partial charge in [-0.05, 0) is 18.6 Å². The van der Waals surface area contributed by atoms with Gasteiger partial charge in [0.2, 0.25) is 5.91 Å². The van der Waals surface area contributed by atoms with Crippen molar-refractivity contribution < 1.29 is 14.0 Å². The van der Waals surface area contributed by atoms with Gasteiger partial charge in [-0.25, -0.2) is 4.39 Å². The number of rotatable bonds is 6. The molecule has 1 aliphatic rings. The molecule has 1 unspecified atom stereocenters. The van der Waals surface area contributed by atoms with E-state index in [4.69, 9.17) is 4.84 Å². The van der Waals surface area contributed by atoms with Crippen LogP contribution >= 0.6 is 0 Å². The number of halogens is 1. The first-order valence-electron chi connectivity index (χ1n) is 8.87. The predicted octanol–water partition coefficient (Wildman–Crippen LogP) is 4.07. The molecular weight excluding hydrogens is 331 g/mol. The van der Waals surface area contributed by atoms with Crippen LogP contribution in [0.15, 0.2) is 53.7 Å². The van der Waals surface area contributed by atoms with E-state index in [0.717, 1.165) is 11.3 Å². The molecule has 5 heteroatoms. The molecule has 26 heavy (non-hydrogen) atoms. The highest BCUT2D eigenvalue weighted by Gasteiger charge is 2.26. The summed E-state index contributed by atoms with van der Waals surface area (Å²) in [4.78, 5) is 19.5. The monoisotopic (exact) mass is 354 g/mol. The Hall–Kier alpha value is -2.69. The second kappa shape index (κ2) is 8.13. The average Bonchev–Trinajstić information content (AvgIpc) is 3.11. The highest BCUT2D eigenvalue weighted by molar-refractivity contribution is 6.01. The van der Waals surface area contributed by atoms with Gasteiger partial charge in [0.15, 0.2) is 6.10 Å². The molecule has 2 aromatic carbocycles. The maximum Gasteiger partial charge on any atom is 0.222 e. The number of amides is 1. The van der Waals surface area contributed by atoms with E-state index in [2.05, 4.69) is 5.16 Å². The van der Waals surface area contributed by atoms with Crippen molar-refractivity contribution in [1.82, 2.24) is 4.90 Å². The van der Waals surface area contributed by atoms with E-state index < -0.39 is 0 Å². The second-order valence-corrected chi connectivity index (χ2v) is 6.55. The van der Waals surface area contributed by atoms with Crippen molar-refractivity contribution >= 4 is 11.6 Å². The number of benzene rings is 2. The molecule has 0 N–H and O–H groups in total. The fourth-order valence-corrected chi connectivity index (χ4v) is 3.00. The molecule has 0 spiro atoms. The van der Waals surface area contributed by atoms with Gasteiger partial charge >= 0.3 is 0 Å². The Morgan fingerprint density at radius 1 is 1.23 bits per heavy atom. The Kier molecular flexibility index (Phi) is 5.66. The van der Waals surface area contributed by atoms with E-state index in [9.17, 15) is 9.18 Å². The summed E-state index contributed by atoms with van der Waals surface area (Å²) < 4.78 is 14.0. The van der Waals surface area contributed by atoms with Gasteiger partial charge in [-0.3, -0.25) is 4.79 Å². The zero-order chi connectivity index (χ0) is 18.5. The summed E-state index contributed by atoms with van der Waals surface area (Å²) >= 11 is 0. The molecule has 1 atom stereocenters. The number of aryl methyl sites for hydroxylation is 1. The van der Waals surface area contributed by atoms with Crippen molar-refractivity contribution in [2.45, 2.75) is 39.3 Å². The quantitative estimate of drug-likeness (QED) is 0.785. The fraction of sp³-hybridized carbons (Fsp3) is 0.333. The first kappa shape index (κ1) is 18.1. The molecule has 2 aromatic rings. The lowest BCUT2D eigenvalue weighted by atomic mass is 10.0. The number of carbonyl (C=O) groups is 1. The minimum atomic E-state index is -0.301. The third-order valence-electron chi connectivity index (χ3n) is 4.52. The molecule has 1 heterocycles. The maximum atomic E-state index is 14.0. The van der Waals surface area contributed by atoms with Crippen LogP contribution in [0.5, 0.6) is 0 Å². The minimum absolute atomic E-state index is 0.0272. The van der Waals surface area contributed by atoms with E-state index in [1.807, 2.05) is 31.2 Å². The van der Waals surface area contributed by atoms with Gasteiger partial charge in [0.05, 0.1) is 12.3 Å². The van der Waals surface area contributed by atoms with Crippen molar-refractivity contribution in [2.24, 2.45) is 5.16 Å². The van der Waals surface area contributed by atoms with E-state index in [1.54, 1.807) is 30.0 Å². The van der Waals surface area contributed by atoms with Gasteiger partial charge in [0.1, 0.15) is 5.82 Å². The molecule has 4 nitrogen and oxygen atoms in total. The standard InChI is InChI=1S/C21H23FN2O2/c1-3-21(25)24(13-17-6-4-5-7-19(17)22)14-18-12-20(23-26-18)16-10-8-15(2)9-11-16/h4-11,18H,3,12-14H2,1-2H3. The largest absolute Gasteiger partial charge is 0.390 e. The molecule has 0 bridgehead atoms. The summed E-state index contributed by atoms with van der Waals surface area (Å²) in [5.41, 5.74) is 3.60. The molecular formula is C21H23FN2O2. The van der Waals surface area contributed by atoms with E-state index in [1.165, 1.54) is 11.6 Å². The molecule has 0 saturated heterocycles. The summed E-state index contributed by atoms with van der Waals surface area (Å²) in [6.45, 7) is 4.47. The summed E-state index contributed by atoms with van der Waals surface area (Å²) in [6, 6.07) is 14.7. The lowest BCUT2D eigenvalue weighted by Gasteiger charge is -2.24. The molecule has 3 rings (SSSR count). The van der Waals surface area contributed by atoms with Gasteiger partial charge < -0.3 is 9.74 Å². The summed E-state index contributed by atoms with van der Waals surface area (Å²) in [5.74, 6) is -0.328. The summed E-state index contributed by atoms with van der Waals surface area (Å²) in [6.07, 6.45) is 0.786. The molecule has 0 radical (unpaired) electrons. The van der Waals surface area contributed by atoms with Gasteiger partial charge in [-0.2, -0.15) is 0 Å². The highest BCUT2D eigenvalue weighted by atomic mass is 19.1. The molecule has 1 aliphatic heterocycles. The fourth-order valence-electron chi connectivity index (χ4n) is 3.00. The topological polar surface area (TPSA) is 41.9 Å². The van der Waals surface area contributed by atoms with Crippen molar-refractivity contribution in [3.05, 3.63) is 71.0 Å². The highest BCUT2D eigenvalue weighted by Crippen LogP contribution is 2.20. The van der Waals surface area contributed by atoms with Gasteiger partial charge in [0.25, 0.3) is 0 Å². The zero-order valence-corrected chi connectivity index (χ0v) is 15.1. The van der Waals surface area contributed by atoms with Gasteiger partial charge in [0, 0.05) is 24.9 Å². The number of hydrogen-bond donors (Lipinski definition) is 0. The van der Waals surface area contributed by atoms with Crippen molar-refractivity contribution in [3.8, 4) is 0 Å². The van der Waals surface area contributed by atoms with Crippen LogP contribution in [0.4, 0.5) is 4.39 Å². The zero-order valence-electron chi connectivity index (χ0n) is 15.1. The minimum Gasteiger partial charge on any atom is -0.390 e. The third-order valence-corrected chi connectivity index (χ3v) is 4.52. The Labute approximate surface area is 153 Å². The Morgan fingerprint density at radius 2 is 1.96 bits per heavy atom. The summed E-state index contributed by atoms with van der Waals surface area (Å²) in [5, 5.41) is 4.18. The van der Waals surface area contributed by atoms with Crippen LogP contribution in [0.1, 0.15) is 36.5 Å². The Bertz CT molecular complexity index is 802. The van der Waals surface area contributed by atoms with Crippen LogP contribution in [0, 0.1) is 12.7 Å². The maximum absolute atomic E-state index is 14.0. The van der Waals surface area contributed by atoms with Crippen LogP contribution in [0.2, 0.25) is 0 Å². The molecule has 0 aromatic heterocycles. The van der Waals surface area contributed by atoms with Crippen LogP contribution in [-0.4, -0.2) is 29.2 Å². The summed E-state index contributed by atoms with van der Waals surface area (Å²) in [7, 11) is 0. The second-order valence-electron chi connectivity index (χ2n) is 6.55. The molecule has 136 valence electrons. The van der Waals surface area contributed by atoms with Gasteiger partial charge in [-0.1, -0.05) is 60.1 Å². The van der Waals surface area contributed by atoms with Crippen molar-refractivity contribution in [2.75, 3.05) is 6.54 Å². The van der Waals surface area contributed by atoms with Crippen LogP contribution in [-0.2, 0) is 16.2 Å². The van der Waals surface area contributed by atoms with E-state index in [0.29, 0.717) is 24.9 Å². The molecule has 0 aliphatic carbocycles.